The molecule has 7 heteroatoms. The summed E-state index contributed by atoms with van der Waals surface area (Å²) in [6.07, 6.45) is 7.94. The molecule has 7 nitrogen and oxygen atoms in total. The highest BCUT2D eigenvalue weighted by Gasteiger charge is 2.33. The number of amides is 1. The van der Waals surface area contributed by atoms with Gasteiger partial charge in [-0.05, 0) is 23.8 Å². The molecule has 2 aliphatic heterocycles. The number of hydrogen-bond donors (Lipinski definition) is 2. The zero-order valence-electron chi connectivity index (χ0n) is 15.8. The van der Waals surface area contributed by atoms with Gasteiger partial charge in [-0.3, -0.25) is 14.6 Å². The number of dihydropyridines is 1. The summed E-state index contributed by atoms with van der Waals surface area (Å²) in [5, 5.41) is 13.3. The van der Waals surface area contributed by atoms with Crippen LogP contribution >= 0.6 is 0 Å². The minimum absolute atomic E-state index is 0.00928. The number of benzene rings is 1. The van der Waals surface area contributed by atoms with Crippen molar-refractivity contribution in [3.8, 4) is 0 Å². The molecule has 2 N–H and O–H groups in total. The van der Waals surface area contributed by atoms with Crippen molar-refractivity contribution in [3.63, 3.8) is 0 Å². The number of methoxy groups -OCH3 is 1. The van der Waals surface area contributed by atoms with Gasteiger partial charge in [0.15, 0.2) is 5.78 Å². The largest absolute Gasteiger partial charge is 0.384 e. The highest BCUT2D eigenvalue weighted by Crippen LogP contribution is 2.29. The van der Waals surface area contributed by atoms with E-state index in [-0.39, 0.29) is 24.5 Å². The Balaban J connectivity index is 1.68. The number of nitrogens with one attached hydrogen (secondary N) is 1. The molecule has 0 fully saturated rings. The van der Waals surface area contributed by atoms with Gasteiger partial charge in [-0.15, -0.1) is 0 Å². The second kappa shape index (κ2) is 8.77. The van der Waals surface area contributed by atoms with E-state index in [1.54, 1.807) is 42.8 Å². The number of nitrogens with zero attached hydrogens (tertiary/aromatic N) is 2. The Bertz CT molecular complexity index is 868. The molecule has 2 aliphatic rings. The van der Waals surface area contributed by atoms with E-state index in [4.69, 9.17) is 4.74 Å². The molecular weight excluding hydrogens is 358 g/mol. The summed E-state index contributed by atoms with van der Waals surface area (Å²) >= 11 is 0. The number of aliphatic hydroxyl groups is 1. The number of aliphatic imine (C=N–C) groups is 1. The minimum atomic E-state index is -0.950. The van der Waals surface area contributed by atoms with Crippen molar-refractivity contribution >= 4 is 29.7 Å². The lowest BCUT2D eigenvalue weighted by atomic mass is 9.91. The van der Waals surface area contributed by atoms with Crippen LogP contribution in [0.5, 0.6) is 0 Å². The van der Waals surface area contributed by atoms with Crippen molar-refractivity contribution < 1.29 is 19.4 Å². The van der Waals surface area contributed by atoms with Crippen LogP contribution in [0.3, 0.4) is 0 Å². The van der Waals surface area contributed by atoms with Crippen LogP contribution < -0.4 is 5.32 Å². The zero-order valence-corrected chi connectivity index (χ0v) is 15.8. The number of carbonyl (C=O) groups excluding carboxylic acids is 2. The summed E-state index contributed by atoms with van der Waals surface area (Å²) in [6.45, 7) is -0.00928. The van der Waals surface area contributed by atoms with Crippen LogP contribution in [0.2, 0.25) is 0 Å². The molecule has 2 unspecified atom stereocenters. The third kappa shape index (κ3) is 4.44. The number of likely N-dealkylation sites (N-methyl/N-ethyl adjacent to an activating group) is 1. The molecule has 0 aromatic heterocycles. The highest BCUT2D eigenvalue weighted by atomic mass is 16.5. The van der Waals surface area contributed by atoms with Crippen molar-refractivity contribution in [2.75, 3.05) is 26.1 Å². The van der Waals surface area contributed by atoms with Gasteiger partial charge in [0.1, 0.15) is 18.9 Å². The van der Waals surface area contributed by atoms with E-state index in [1.165, 1.54) is 13.2 Å². The summed E-state index contributed by atoms with van der Waals surface area (Å²) in [4.78, 5) is 30.3. The number of hydrogen-bond acceptors (Lipinski definition) is 6. The van der Waals surface area contributed by atoms with Crippen LogP contribution in [0.1, 0.15) is 12.0 Å². The van der Waals surface area contributed by atoms with Crippen LogP contribution in [0.15, 0.2) is 58.8 Å². The Morgan fingerprint density at radius 3 is 2.82 bits per heavy atom. The van der Waals surface area contributed by atoms with Crippen LogP contribution in [-0.2, 0) is 14.3 Å². The molecule has 1 amide bonds. The fourth-order valence-electron chi connectivity index (χ4n) is 3.15. The van der Waals surface area contributed by atoms with E-state index >= 15 is 0 Å². The third-order valence-corrected chi connectivity index (χ3v) is 4.52. The molecule has 0 aliphatic carbocycles. The molecule has 1 aromatic carbocycles. The fourth-order valence-corrected chi connectivity index (χ4v) is 3.15. The predicted octanol–water partition coefficient (Wildman–Crippen LogP) is 1.77. The van der Waals surface area contributed by atoms with Crippen molar-refractivity contribution in [1.29, 1.82) is 0 Å². The molecule has 1 aromatic rings. The lowest BCUT2D eigenvalue weighted by molar-refractivity contribution is -0.119. The topological polar surface area (TPSA) is 91.2 Å². The molecule has 0 spiro atoms. The second-order valence-electron chi connectivity index (χ2n) is 6.60. The lowest BCUT2D eigenvalue weighted by Gasteiger charge is -2.35. The Labute approximate surface area is 163 Å². The van der Waals surface area contributed by atoms with E-state index in [0.29, 0.717) is 17.7 Å². The average molecular weight is 381 g/mol. The third-order valence-electron chi connectivity index (χ3n) is 4.52. The Hall–Kier alpha value is -3.03. The molecule has 2 heterocycles. The second-order valence-corrected chi connectivity index (χ2v) is 6.60. The highest BCUT2D eigenvalue weighted by molar-refractivity contribution is 6.07. The molecule has 2 atom stereocenters. The average Bonchev–Trinajstić information content (AvgIpc) is 2.70. The van der Waals surface area contributed by atoms with E-state index < -0.39 is 6.10 Å². The molecule has 3 rings (SSSR count). The van der Waals surface area contributed by atoms with E-state index in [1.807, 2.05) is 18.0 Å². The maximum absolute atomic E-state index is 12.6. The van der Waals surface area contributed by atoms with E-state index in [0.717, 1.165) is 11.1 Å². The number of carbonyl (C=O) groups is 2. The summed E-state index contributed by atoms with van der Waals surface area (Å²) in [5.74, 6) is -0.492. The maximum Gasteiger partial charge on any atom is 0.250 e. The SMILES string of the molecule is COCC(=O)Nc1ccc(C=CC(=O)C2=CN(C)C3N=CCC=C3C2O)cc1. The van der Waals surface area contributed by atoms with Crippen molar-refractivity contribution in [2.45, 2.75) is 18.7 Å². The number of ether oxygens (including phenoxy) is 1. The Morgan fingerprint density at radius 2 is 2.11 bits per heavy atom. The Kier molecular flexibility index (Phi) is 6.18. The molecule has 0 bridgehead atoms. The molecule has 0 saturated heterocycles. The number of anilines is 1. The van der Waals surface area contributed by atoms with Crippen molar-refractivity contribution in [3.05, 3.63) is 59.3 Å². The van der Waals surface area contributed by atoms with Gasteiger partial charge in [0, 0.05) is 49.8 Å². The zero-order chi connectivity index (χ0) is 20.1. The summed E-state index contributed by atoms with van der Waals surface area (Å²) in [6, 6.07) is 7.07. The first-order chi connectivity index (χ1) is 13.5. The number of aliphatic hydroxyl groups excluding tert-OH is 1. The van der Waals surface area contributed by atoms with Gasteiger partial charge in [0.2, 0.25) is 5.91 Å². The quantitative estimate of drug-likeness (QED) is 0.579. The summed E-state index contributed by atoms with van der Waals surface area (Å²) in [7, 11) is 3.29. The smallest absolute Gasteiger partial charge is 0.250 e. The lowest BCUT2D eigenvalue weighted by Crippen LogP contribution is -2.41. The van der Waals surface area contributed by atoms with Gasteiger partial charge >= 0.3 is 0 Å². The molecule has 0 saturated carbocycles. The fraction of sp³-hybridized carbons (Fsp3) is 0.286. The normalized spacial score (nSPS) is 21.2. The van der Waals surface area contributed by atoms with Crippen LogP contribution in [0, 0.1) is 0 Å². The van der Waals surface area contributed by atoms with Crippen molar-refractivity contribution in [2.24, 2.45) is 4.99 Å². The van der Waals surface area contributed by atoms with Gasteiger partial charge in [0.25, 0.3) is 0 Å². The van der Waals surface area contributed by atoms with Gasteiger partial charge in [-0.25, -0.2) is 0 Å². The standard InChI is InChI=1S/C21H23N3O4/c1-24-12-17(20(27)16-4-3-11-22-21(16)24)18(25)10-7-14-5-8-15(9-6-14)23-19(26)13-28-2/h4-12,20-21,27H,3,13H2,1-2H3,(H,23,26). The van der Waals surface area contributed by atoms with Gasteiger partial charge in [-0.2, -0.15) is 0 Å². The monoisotopic (exact) mass is 381 g/mol. The van der Waals surface area contributed by atoms with Crippen molar-refractivity contribution in [1.82, 2.24) is 4.90 Å². The molecule has 28 heavy (non-hydrogen) atoms. The minimum Gasteiger partial charge on any atom is -0.384 e. The first-order valence-electron chi connectivity index (χ1n) is 8.94. The van der Waals surface area contributed by atoms with Gasteiger partial charge in [0.05, 0.1) is 0 Å². The summed E-state index contributed by atoms with van der Waals surface area (Å²) < 4.78 is 4.77. The molecule has 0 radical (unpaired) electrons. The first-order valence-corrected chi connectivity index (χ1v) is 8.94. The van der Waals surface area contributed by atoms with Crippen LogP contribution in [-0.4, -0.2) is 60.9 Å². The summed E-state index contributed by atoms with van der Waals surface area (Å²) in [5.41, 5.74) is 2.51. The first kappa shape index (κ1) is 19.7. The molecule has 146 valence electrons. The maximum atomic E-state index is 12.6. The number of allylic oxidation sites excluding steroid dienone is 2. The van der Waals surface area contributed by atoms with Gasteiger partial charge in [-0.1, -0.05) is 24.3 Å². The van der Waals surface area contributed by atoms with Crippen LogP contribution in [0.4, 0.5) is 5.69 Å². The predicted molar refractivity (Wildman–Crippen MR) is 108 cm³/mol. The van der Waals surface area contributed by atoms with Crippen LogP contribution in [0.25, 0.3) is 6.08 Å². The molecular formula is C21H23N3O4. The van der Waals surface area contributed by atoms with E-state index in [2.05, 4.69) is 10.3 Å². The number of rotatable bonds is 6. The van der Waals surface area contributed by atoms with Gasteiger partial charge < -0.3 is 20.1 Å². The van der Waals surface area contributed by atoms with E-state index in [9.17, 15) is 14.7 Å². The number of fused-ring (bicyclic) bond motifs is 1. The Morgan fingerprint density at radius 1 is 1.36 bits per heavy atom. The number of ketones is 1.